The minimum Gasteiger partial charge on any atom is -0.340 e. The maximum Gasteiger partial charge on any atom is 0.272 e. The SMILES string of the molecule is CCCn1nc(C(=O)NC2(c3noc(C)n3)CCCCC2)ccc1=O. The molecular weight excluding hydrogens is 322 g/mol. The van der Waals surface area contributed by atoms with Crippen molar-refractivity contribution in [1.29, 1.82) is 0 Å². The summed E-state index contributed by atoms with van der Waals surface area (Å²) >= 11 is 0. The molecule has 1 fully saturated rings. The van der Waals surface area contributed by atoms with Crippen LogP contribution in [-0.4, -0.2) is 25.8 Å². The number of aromatic nitrogens is 4. The van der Waals surface area contributed by atoms with Gasteiger partial charge in [-0.2, -0.15) is 10.1 Å². The Kier molecular flexibility index (Phi) is 4.96. The molecule has 8 heteroatoms. The molecule has 0 saturated heterocycles. The van der Waals surface area contributed by atoms with Crippen LogP contribution in [0.1, 0.15) is 67.7 Å². The first kappa shape index (κ1) is 17.3. The lowest BCUT2D eigenvalue weighted by molar-refractivity contribution is 0.0847. The van der Waals surface area contributed by atoms with Crippen molar-refractivity contribution in [3.05, 3.63) is 39.9 Å². The zero-order valence-electron chi connectivity index (χ0n) is 14.6. The van der Waals surface area contributed by atoms with E-state index in [0.29, 0.717) is 18.3 Å². The summed E-state index contributed by atoms with van der Waals surface area (Å²) in [7, 11) is 0. The lowest BCUT2D eigenvalue weighted by Crippen LogP contribution is -2.48. The first-order valence-corrected chi connectivity index (χ1v) is 8.75. The molecule has 0 aromatic carbocycles. The molecule has 2 heterocycles. The molecule has 1 aliphatic carbocycles. The largest absolute Gasteiger partial charge is 0.340 e. The third-order valence-corrected chi connectivity index (χ3v) is 4.55. The van der Waals surface area contributed by atoms with Gasteiger partial charge in [-0.15, -0.1) is 0 Å². The Labute approximate surface area is 145 Å². The van der Waals surface area contributed by atoms with Crippen molar-refractivity contribution in [3.63, 3.8) is 0 Å². The highest BCUT2D eigenvalue weighted by molar-refractivity contribution is 5.92. The Morgan fingerprint density at radius 2 is 2.08 bits per heavy atom. The highest BCUT2D eigenvalue weighted by Gasteiger charge is 2.40. The Balaban J connectivity index is 1.88. The van der Waals surface area contributed by atoms with E-state index < -0.39 is 5.54 Å². The summed E-state index contributed by atoms with van der Waals surface area (Å²) in [5, 5.41) is 11.3. The fraction of sp³-hybridized carbons (Fsp3) is 0.588. The van der Waals surface area contributed by atoms with E-state index in [9.17, 15) is 9.59 Å². The Morgan fingerprint density at radius 3 is 2.72 bits per heavy atom. The number of carbonyl (C=O) groups is 1. The summed E-state index contributed by atoms with van der Waals surface area (Å²) in [5.41, 5.74) is -0.627. The highest BCUT2D eigenvalue weighted by atomic mass is 16.5. The maximum atomic E-state index is 12.8. The van der Waals surface area contributed by atoms with Gasteiger partial charge in [0.2, 0.25) is 5.89 Å². The average molecular weight is 345 g/mol. The molecule has 8 nitrogen and oxygen atoms in total. The summed E-state index contributed by atoms with van der Waals surface area (Å²) in [6.45, 7) is 4.17. The second-order valence-electron chi connectivity index (χ2n) is 6.51. The summed E-state index contributed by atoms with van der Waals surface area (Å²) in [6.07, 6.45) is 5.37. The molecular formula is C17H23N5O3. The molecule has 0 unspecified atom stereocenters. The molecule has 0 aliphatic heterocycles. The number of carbonyl (C=O) groups excluding carboxylic acids is 1. The third kappa shape index (κ3) is 3.62. The summed E-state index contributed by atoms with van der Waals surface area (Å²) in [6, 6.07) is 2.84. The zero-order valence-corrected chi connectivity index (χ0v) is 14.6. The molecule has 2 aromatic heterocycles. The van der Waals surface area contributed by atoms with Gasteiger partial charge < -0.3 is 9.84 Å². The third-order valence-electron chi connectivity index (χ3n) is 4.55. The molecule has 0 radical (unpaired) electrons. The second-order valence-corrected chi connectivity index (χ2v) is 6.51. The fourth-order valence-electron chi connectivity index (χ4n) is 3.28. The quantitative estimate of drug-likeness (QED) is 0.888. The van der Waals surface area contributed by atoms with E-state index in [2.05, 4.69) is 20.6 Å². The summed E-state index contributed by atoms with van der Waals surface area (Å²) < 4.78 is 6.44. The van der Waals surface area contributed by atoms with Crippen molar-refractivity contribution in [3.8, 4) is 0 Å². The number of hydrogen-bond acceptors (Lipinski definition) is 6. The van der Waals surface area contributed by atoms with Crippen molar-refractivity contribution < 1.29 is 9.32 Å². The Morgan fingerprint density at radius 1 is 1.32 bits per heavy atom. The molecule has 2 aromatic rings. The monoisotopic (exact) mass is 345 g/mol. The van der Waals surface area contributed by atoms with Crippen LogP contribution in [-0.2, 0) is 12.1 Å². The predicted octanol–water partition coefficient (Wildman–Crippen LogP) is 1.93. The van der Waals surface area contributed by atoms with Crippen molar-refractivity contribution in [2.45, 2.75) is 64.5 Å². The van der Waals surface area contributed by atoms with Crippen LogP contribution < -0.4 is 10.9 Å². The molecule has 1 N–H and O–H groups in total. The van der Waals surface area contributed by atoms with Crippen LogP contribution in [0, 0.1) is 6.92 Å². The van der Waals surface area contributed by atoms with Gasteiger partial charge in [-0.1, -0.05) is 31.3 Å². The van der Waals surface area contributed by atoms with Gasteiger partial charge in [-0.05, 0) is 25.3 Å². The van der Waals surface area contributed by atoms with Gasteiger partial charge in [0, 0.05) is 19.5 Å². The molecule has 0 spiro atoms. The van der Waals surface area contributed by atoms with Crippen molar-refractivity contribution in [2.75, 3.05) is 0 Å². The Hall–Kier alpha value is -2.51. The lowest BCUT2D eigenvalue weighted by Gasteiger charge is -2.35. The van der Waals surface area contributed by atoms with E-state index in [1.54, 1.807) is 6.92 Å². The van der Waals surface area contributed by atoms with Crippen molar-refractivity contribution in [1.82, 2.24) is 25.2 Å². The zero-order chi connectivity index (χ0) is 17.9. The van der Waals surface area contributed by atoms with E-state index in [1.165, 1.54) is 16.8 Å². The van der Waals surface area contributed by atoms with Gasteiger partial charge in [0.25, 0.3) is 11.5 Å². The van der Waals surface area contributed by atoms with E-state index in [1.807, 2.05) is 6.92 Å². The first-order valence-electron chi connectivity index (χ1n) is 8.75. The minimum absolute atomic E-state index is 0.209. The normalized spacial score (nSPS) is 16.6. The molecule has 1 aliphatic rings. The molecule has 1 amide bonds. The van der Waals surface area contributed by atoms with Crippen LogP contribution in [0.15, 0.2) is 21.5 Å². The van der Waals surface area contributed by atoms with Gasteiger partial charge in [0.05, 0.1) is 0 Å². The number of hydrogen-bond donors (Lipinski definition) is 1. The summed E-state index contributed by atoms with van der Waals surface area (Å²) in [5.74, 6) is 0.665. The van der Waals surface area contributed by atoms with Crippen LogP contribution in [0.5, 0.6) is 0 Å². The van der Waals surface area contributed by atoms with Crippen LogP contribution in [0.4, 0.5) is 0 Å². The number of rotatable bonds is 5. The second kappa shape index (κ2) is 7.16. The van der Waals surface area contributed by atoms with E-state index in [-0.39, 0.29) is 17.2 Å². The summed E-state index contributed by atoms with van der Waals surface area (Å²) in [4.78, 5) is 28.9. The molecule has 0 atom stereocenters. The fourth-order valence-corrected chi connectivity index (χ4v) is 3.28. The van der Waals surface area contributed by atoms with Gasteiger partial charge in [0.1, 0.15) is 11.2 Å². The van der Waals surface area contributed by atoms with Gasteiger partial charge in [0.15, 0.2) is 5.82 Å². The van der Waals surface area contributed by atoms with Crippen LogP contribution in [0.25, 0.3) is 0 Å². The minimum atomic E-state index is -0.638. The van der Waals surface area contributed by atoms with E-state index in [4.69, 9.17) is 4.52 Å². The van der Waals surface area contributed by atoms with Crippen molar-refractivity contribution >= 4 is 5.91 Å². The number of nitrogens with one attached hydrogen (secondary N) is 1. The standard InChI is InChI=1S/C17H23N5O3/c1-3-11-22-14(23)8-7-13(20-22)15(24)19-17(9-5-4-6-10-17)16-18-12(2)25-21-16/h7-8H,3-6,9-11H2,1-2H3,(H,19,24). The molecule has 134 valence electrons. The van der Waals surface area contributed by atoms with Gasteiger partial charge in [-0.3, -0.25) is 9.59 Å². The highest BCUT2D eigenvalue weighted by Crippen LogP contribution is 2.35. The van der Waals surface area contributed by atoms with Gasteiger partial charge >= 0.3 is 0 Å². The number of nitrogens with zero attached hydrogens (tertiary/aromatic N) is 4. The molecule has 1 saturated carbocycles. The van der Waals surface area contributed by atoms with Crippen LogP contribution in [0.3, 0.4) is 0 Å². The smallest absolute Gasteiger partial charge is 0.272 e. The van der Waals surface area contributed by atoms with E-state index >= 15 is 0 Å². The van der Waals surface area contributed by atoms with Crippen LogP contribution in [0.2, 0.25) is 0 Å². The molecule has 3 rings (SSSR count). The van der Waals surface area contributed by atoms with E-state index in [0.717, 1.165) is 38.5 Å². The topological polar surface area (TPSA) is 103 Å². The molecule has 25 heavy (non-hydrogen) atoms. The van der Waals surface area contributed by atoms with Crippen LogP contribution >= 0.6 is 0 Å². The van der Waals surface area contributed by atoms with Crippen molar-refractivity contribution in [2.24, 2.45) is 0 Å². The maximum absolute atomic E-state index is 12.8. The average Bonchev–Trinajstić information content (AvgIpc) is 3.05. The lowest BCUT2D eigenvalue weighted by atomic mass is 9.81. The Bertz CT molecular complexity index is 805. The number of amides is 1. The molecule has 0 bridgehead atoms. The first-order chi connectivity index (χ1) is 12.0. The van der Waals surface area contributed by atoms with Gasteiger partial charge in [-0.25, -0.2) is 4.68 Å². The predicted molar refractivity (Wildman–Crippen MR) is 90.1 cm³/mol. The number of aryl methyl sites for hydroxylation is 2.